The zero-order valence-corrected chi connectivity index (χ0v) is 11.4. The highest BCUT2D eigenvalue weighted by Crippen LogP contribution is 2.30. The predicted molar refractivity (Wildman–Crippen MR) is 79.4 cm³/mol. The average molecular weight is 265 g/mol. The Kier molecular flexibility index (Phi) is 2.79. The number of carbonyl (C=O) groups excluding carboxylic acids is 1. The molecule has 100 valence electrons. The van der Waals surface area contributed by atoms with Crippen LogP contribution in [0.5, 0.6) is 0 Å². The molecule has 4 nitrogen and oxygen atoms in total. The van der Waals surface area contributed by atoms with Crippen LogP contribution in [0.2, 0.25) is 0 Å². The summed E-state index contributed by atoms with van der Waals surface area (Å²) >= 11 is 0. The second-order valence-electron chi connectivity index (χ2n) is 4.92. The Morgan fingerprint density at radius 2 is 2.00 bits per heavy atom. The molecule has 0 bridgehead atoms. The van der Waals surface area contributed by atoms with E-state index < -0.39 is 5.91 Å². The molecule has 2 N–H and O–H groups in total. The van der Waals surface area contributed by atoms with Crippen molar-refractivity contribution in [2.45, 2.75) is 6.92 Å². The van der Waals surface area contributed by atoms with Crippen LogP contribution in [-0.4, -0.2) is 15.5 Å². The number of benzene rings is 1. The van der Waals surface area contributed by atoms with Gasteiger partial charge in [0.05, 0.1) is 0 Å². The van der Waals surface area contributed by atoms with Gasteiger partial charge in [0.25, 0.3) is 0 Å². The van der Waals surface area contributed by atoms with E-state index in [2.05, 4.69) is 4.98 Å². The quantitative estimate of drug-likeness (QED) is 0.774. The smallest absolute Gasteiger partial charge is 0.248 e. The Balaban J connectivity index is 2.30. The summed E-state index contributed by atoms with van der Waals surface area (Å²) in [5.41, 5.74) is 10.00. The zero-order valence-electron chi connectivity index (χ0n) is 11.4. The van der Waals surface area contributed by atoms with Crippen molar-refractivity contribution < 1.29 is 4.79 Å². The summed E-state index contributed by atoms with van der Waals surface area (Å²) in [5, 5.41) is 1.07. The lowest BCUT2D eigenvalue weighted by Crippen LogP contribution is -2.11. The molecule has 2 aromatic heterocycles. The van der Waals surface area contributed by atoms with Crippen molar-refractivity contribution >= 4 is 16.9 Å². The number of fused-ring (bicyclic) bond motifs is 1. The van der Waals surface area contributed by atoms with Gasteiger partial charge in [-0.15, -0.1) is 0 Å². The van der Waals surface area contributed by atoms with E-state index in [-0.39, 0.29) is 0 Å². The van der Waals surface area contributed by atoms with E-state index in [1.54, 1.807) is 12.3 Å². The lowest BCUT2D eigenvalue weighted by atomic mass is 9.96. The largest absolute Gasteiger partial charge is 0.366 e. The molecule has 1 amide bonds. The third-order valence-electron chi connectivity index (χ3n) is 3.58. The molecule has 0 aliphatic heterocycles. The van der Waals surface area contributed by atoms with E-state index in [1.807, 2.05) is 49.0 Å². The topological polar surface area (TPSA) is 60.9 Å². The molecule has 0 spiro atoms. The Labute approximate surface area is 116 Å². The molecule has 20 heavy (non-hydrogen) atoms. The molecule has 1 aromatic carbocycles. The SMILES string of the molecule is Cc1ccc(C(N)=O)cc1-c1ccnc2c1ccn2C. The van der Waals surface area contributed by atoms with Crippen molar-refractivity contribution in [2.75, 3.05) is 0 Å². The summed E-state index contributed by atoms with van der Waals surface area (Å²) < 4.78 is 1.98. The van der Waals surface area contributed by atoms with Gasteiger partial charge >= 0.3 is 0 Å². The Morgan fingerprint density at radius 3 is 2.75 bits per heavy atom. The van der Waals surface area contributed by atoms with Crippen molar-refractivity contribution in [2.24, 2.45) is 12.8 Å². The number of nitrogens with two attached hydrogens (primary N) is 1. The third-order valence-corrected chi connectivity index (χ3v) is 3.58. The van der Waals surface area contributed by atoms with Gasteiger partial charge in [0.15, 0.2) is 0 Å². The lowest BCUT2D eigenvalue weighted by Gasteiger charge is -2.09. The van der Waals surface area contributed by atoms with E-state index in [9.17, 15) is 4.79 Å². The van der Waals surface area contributed by atoms with Crippen LogP contribution in [0, 0.1) is 6.92 Å². The average Bonchev–Trinajstić information content (AvgIpc) is 2.81. The van der Waals surface area contributed by atoms with Crippen molar-refractivity contribution in [1.29, 1.82) is 0 Å². The van der Waals surface area contributed by atoms with E-state index in [1.165, 1.54) is 0 Å². The fourth-order valence-electron chi connectivity index (χ4n) is 2.46. The van der Waals surface area contributed by atoms with Crippen LogP contribution in [-0.2, 0) is 7.05 Å². The Morgan fingerprint density at radius 1 is 1.20 bits per heavy atom. The Bertz CT molecular complexity index is 818. The van der Waals surface area contributed by atoms with Crippen molar-refractivity contribution in [3.63, 3.8) is 0 Å². The van der Waals surface area contributed by atoms with Gasteiger partial charge in [0.1, 0.15) is 5.65 Å². The van der Waals surface area contributed by atoms with E-state index in [0.717, 1.165) is 27.7 Å². The van der Waals surface area contributed by atoms with Gasteiger partial charge in [-0.25, -0.2) is 4.98 Å². The van der Waals surface area contributed by atoms with Gasteiger partial charge < -0.3 is 10.3 Å². The fraction of sp³-hybridized carbons (Fsp3) is 0.125. The van der Waals surface area contributed by atoms with Crippen LogP contribution in [0.15, 0.2) is 42.7 Å². The molecule has 0 saturated heterocycles. The molecule has 0 fully saturated rings. The van der Waals surface area contributed by atoms with Gasteiger partial charge in [-0.3, -0.25) is 4.79 Å². The molecule has 3 rings (SSSR count). The molecule has 0 radical (unpaired) electrons. The maximum atomic E-state index is 11.4. The van der Waals surface area contributed by atoms with Gasteiger partial charge in [0, 0.05) is 30.4 Å². The van der Waals surface area contributed by atoms with Crippen LogP contribution in [0.3, 0.4) is 0 Å². The summed E-state index contributed by atoms with van der Waals surface area (Å²) in [7, 11) is 1.96. The number of aryl methyl sites for hydroxylation is 2. The number of pyridine rings is 1. The molecule has 0 unspecified atom stereocenters. The molecule has 4 heteroatoms. The van der Waals surface area contributed by atoms with E-state index in [0.29, 0.717) is 5.56 Å². The minimum absolute atomic E-state index is 0.412. The number of carbonyl (C=O) groups is 1. The van der Waals surface area contributed by atoms with Gasteiger partial charge in [-0.2, -0.15) is 0 Å². The number of aromatic nitrogens is 2. The van der Waals surface area contributed by atoms with E-state index >= 15 is 0 Å². The van der Waals surface area contributed by atoms with Crippen LogP contribution < -0.4 is 5.73 Å². The fourth-order valence-corrected chi connectivity index (χ4v) is 2.46. The number of nitrogens with zero attached hydrogens (tertiary/aromatic N) is 2. The highest BCUT2D eigenvalue weighted by Gasteiger charge is 2.11. The molecular weight excluding hydrogens is 250 g/mol. The van der Waals surface area contributed by atoms with Crippen LogP contribution in [0.1, 0.15) is 15.9 Å². The lowest BCUT2D eigenvalue weighted by molar-refractivity contribution is 0.100. The molecular formula is C16H15N3O. The summed E-state index contributed by atoms with van der Waals surface area (Å²) in [6, 6.07) is 9.53. The monoisotopic (exact) mass is 265 g/mol. The molecule has 2 heterocycles. The van der Waals surface area contributed by atoms with Gasteiger partial charge in [-0.05, 0) is 47.9 Å². The maximum absolute atomic E-state index is 11.4. The maximum Gasteiger partial charge on any atom is 0.248 e. The summed E-state index contributed by atoms with van der Waals surface area (Å²) in [5.74, 6) is -0.412. The second-order valence-corrected chi connectivity index (χ2v) is 4.92. The summed E-state index contributed by atoms with van der Waals surface area (Å²) in [6.45, 7) is 2.02. The van der Waals surface area contributed by atoms with Gasteiger partial charge in [0.2, 0.25) is 5.91 Å². The third kappa shape index (κ3) is 1.86. The first kappa shape index (κ1) is 12.4. The number of rotatable bonds is 2. The summed E-state index contributed by atoms with van der Waals surface area (Å²) in [4.78, 5) is 15.8. The van der Waals surface area contributed by atoms with Crippen LogP contribution in [0.4, 0.5) is 0 Å². The van der Waals surface area contributed by atoms with E-state index in [4.69, 9.17) is 5.73 Å². The molecule has 3 aromatic rings. The number of hydrogen-bond acceptors (Lipinski definition) is 2. The van der Waals surface area contributed by atoms with Crippen molar-refractivity contribution in [3.05, 3.63) is 53.9 Å². The second kappa shape index (κ2) is 4.49. The van der Waals surface area contributed by atoms with Crippen molar-refractivity contribution in [3.8, 4) is 11.1 Å². The van der Waals surface area contributed by atoms with Crippen LogP contribution in [0.25, 0.3) is 22.2 Å². The van der Waals surface area contributed by atoms with Crippen LogP contribution >= 0.6 is 0 Å². The molecule has 0 saturated carbocycles. The zero-order chi connectivity index (χ0) is 14.3. The minimum Gasteiger partial charge on any atom is -0.366 e. The first-order valence-electron chi connectivity index (χ1n) is 6.39. The normalized spacial score (nSPS) is 10.9. The minimum atomic E-state index is -0.412. The number of hydrogen-bond donors (Lipinski definition) is 1. The Hall–Kier alpha value is -2.62. The number of amides is 1. The number of primary amides is 1. The molecule has 0 aliphatic carbocycles. The standard InChI is InChI=1S/C16H15N3O/c1-10-3-4-11(15(17)20)9-14(10)12-5-7-18-16-13(12)6-8-19(16)2/h3-9H,1-2H3,(H2,17,20). The molecule has 0 aliphatic rings. The van der Waals surface area contributed by atoms with Gasteiger partial charge in [-0.1, -0.05) is 6.07 Å². The highest BCUT2D eigenvalue weighted by atomic mass is 16.1. The van der Waals surface area contributed by atoms with Crippen molar-refractivity contribution in [1.82, 2.24) is 9.55 Å². The molecule has 0 atom stereocenters. The predicted octanol–water partition coefficient (Wildman–Crippen LogP) is 2.65. The first-order valence-corrected chi connectivity index (χ1v) is 6.39. The summed E-state index contributed by atoms with van der Waals surface area (Å²) in [6.07, 6.45) is 3.77. The highest BCUT2D eigenvalue weighted by molar-refractivity contribution is 5.98. The first-order chi connectivity index (χ1) is 9.58.